The summed E-state index contributed by atoms with van der Waals surface area (Å²) in [6, 6.07) is 2.01. The van der Waals surface area contributed by atoms with E-state index in [0.717, 1.165) is 44.3 Å². The summed E-state index contributed by atoms with van der Waals surface area (Å²) in [5, 5.41) is 7.46. The van der Waals surface area contributed by atoms with Crippen molar-refractivity contribution in [3.05, 3.63) is 17.5 Å². The molecule has 0 spiro atoms. The lowest BCUT2D eigenvalue weighted by Crippen LogP contribution is -2.35. The molecular formula is C14H27N3O2. The lowest BCUT2D eigenvalue weighted by Gasteiger charge is -2.19. The molecule has 1 aromatic heterocycles. The smallest absolute Gasteiger partial charge is 0.151 e. The summed E-state index contributed by atoms with van der Waals surface area (Å²) in [4.78, 5) is 2.16. The van der Waals surface area contributed by atoms with Gasteiger partial charge in [-0.2, -0.15) is 0 Å². The van der Waals surface area contributed by atoms with Crippen molar-refractivity contribution in [1.82, 2.24) is 15.4 Å². The molecule has 0 fully saturated rings. The molecule has 0 aliphatic carbocycles. The van der Waals surface area contributed by atoms with Crippen LogP contribution in [0.15, 0.2) is 10.6 Å². The first kappa shape index (κ1) is 16.1. The summed E-state index contributed by atoms with van der Waals surface area (Å²) >= 11 is 0. The van der Waals surface area contributed by atoms with Crippen LogP contribution in [0, 0.1) is 0 Å². The number of nitrogens with zero attached hydrogens (tertiary/aromatic N) is 2. The van der Waals surface area contributed by atoms with Crippen molar-refractivity contribution in [2.75, 3.05) is 26.8 Å². The molecule has 0 bridgehead atoms. The number of aromatic nitrogens is 1. The number of hydrogen-bond donors (Lipinski definition) is 1. The normalized spacial score (nSPS) is 12.3. The van der Waals surface area contributed by atoms with Crippen LogP contribution in [-0.2, 0) is 17.8 Å². The summed E-state index contributed by atoms with van der Waals surface area (Å²) in [6.45, 7) is 12.3. The van der Waals surface area contributed by atoms with Crippen molar-refractivity contribution in [3.8, 4) is 0 Å². The van der Waals surface area contributed by atoms with Gasteiger partial charge in [-0.25, -0.2) is 0 Å². The lowest BCUT2D eigenvalue weighted by molar-refractivity contribution is 0.117. The zero-order valence-corrected chi connectivity index (χ0v) is 12.8. The van der Waals surface area contributed by atoms with Crippen LogP contribution < -0.4 is 5.32 Å². The third-order valence-corrected chi connectivity index (χ3v) is 2.65. The molecule has 0 radical (unpaired) electrons. The topological polar surface area (TPSA) is 50.5 Å². The predicted molar refractivity (Wildman–Crippen MR) is 75.9 cm³/mol. The first-order valence-corrected chi connectivity index (χ1v) is 6.86. The van der Waals surface area contributed by atoms with Crippen LogP contribution in [0.25, 0.3) is 0 Å². The van der Waals surface area contributed by atoms with Crippen LogP contribution in [0.1, 0.15) is 39.1 Å². The van der Waals surface area contributed by atoms with E-state index in [1.54, 1.807) is 0 Å². The highest BCUT2D eigenvalue weighted by atomic mass is 16.5. The predicted octanol–water partition coefficient (Wildman–Crippen LogP) is 2.03. The van der Waals surface area contributed by atoms with Crippen LogP contribution in [0.4, 0.5) is 0 Å². The number of nitrogens with one attached hydrogen (secondary N) is 1. The van der Waals surface area contributed by atoms with E-state index in [-0.39, 0.29) is 5.54 Å². The fraction of sp³-hybridized carbons (Fsp3) is 0.786. The van der Waals surface area contributed by atoms with E-state index in [2.05, 4.69) is 43.2 Å². The van der Waals surface area contributed by atoms with Gasteiger partial charge in [0, 0.05) is 31.3 Å². The van der Waals surface area contributed by atoms with Crippen LogP contribution in [0.5, 0.6) is 0 Å². The molecule has 1 heterocycles. The third kappa shape index (κ3) is 7.30. The monoisotopic (exact) mass is 269 g/mol. The van der Waals surface area contributed by atoms with Crippen molar-refractivity contribution in [1.29, 1.82) is 0 Å². The largest absolute Gasteiger partial charge is 0.380 e. The van der Waals surface area contributed by atoms with Gasteiger partial charge >= 0.3 is 0 Å². The molecule has 5 heteroatoms. The van der Waals surface area contributed by atoms with Gasteiger partial charge in [0.25, 0.3) is 0 Å². The Kier molecular flexibility index (Phi) is 6.48. The van der Waals surface area contributed by atoms with Crippen LogP contribution >= 0.6 is 0 Å². The maximum Gasteiger partial charge on any atom is 0.151 e. The van der Waals surface area contributed by atoms with Crippen LogP contribution in [0.3, 0.4) is 0 Å². The molecular weight excluding hydrogens is 242 g/mol. The summed E-state index contributed by atoms with van der Waals surface area (Å²) in [5.41, 5.74) is 1.04. The van der Waals surface area contributed by atoms with E-state index in [4.69, 9.17) is 9.26 Å². The molecule has 0 saturated heterocycles. The molecule has 110 valence electrons. The maximum atomic E-state index is 5.33. The van der Waals surface area contributed by atoms with Crippen LogP contribution in [-0.4, -0.2) is 42.4 Å². The van der Waals surface area contributed by atoms with Crippen molar-refractivity contribution >= 4 is 0 Å². The van der Waals surface area contributed by atoms with Gasteiger partial charge in [-0.3, -0.25) is 4.90 Å². The van der Waals surface area contributed by atoms with Crippen LogP contribution in [0.2, 0.25) is 0 Å². The second kappa shape index (κ2) is 7.62. The first-order valence-electron chi connectivity index (χ1n) is 6.86. The molecule has 1 rings (SSSR count). The fourth-order valence-corrected chi connectivity index (χ4v) is 1.58. The van der Waals surface area contributed by atoms with E-state index in [9.17, 15) is 0 Å². The van der Waals surface area contributed by atoms with Gasteiger partial charge in [-0.15, -0.1) is 0 Å². The first-order chi connectivity index (χ1) is 8.90. The summed E-state index contributed by atoms with van der Waals surface area (Å²) in [7, 11) is 2.05. The van der Waals surface area contributed by atoms with Gasteiger partial charge in [0.1, 0.15) is 0 Å². The molecule has 5 nitrogen and oxygen atoms in total. The zero-order valence-electron chi connectivity index (χ0n) is 12.8. The average Bonchev–Trinajstić information content (AvgIpc) is 2.73. The molecule has 0 aromatic carbocycles. The number of ether oxygens (including phenoxy) is 1. The number of likely N-dealkylation sites (N-methyl/N-ethyl adjacent to an activating group) is 1. The standard InChI is InChI=1S/C14H27N3O2/c1-6-18-8-7-17(5)11-13-9-12(16-19-13)10-15-14(2,3)4/h9,15H,6-8,10-11H2,1-5H3. The zero-order chi connectivity index (χ0) is 14.3. The maximum absolute atomic E-state index is 5.33. The van der Waals surface area contributed by atoms with Crippen molar-refractivity contribution in [3.63, 3.8) is 0 Å². The number of hydrogen-bond acceptors (Lipinski definition) is 5. The summed E-state index contributed by atoms with van der Waals surface area (Å²) < 4.78 is 10.7. The Morgan fingerprint density at radius 1 is 1.42 bits per heavy atom. The molecule has 1 N–H and O–H groups in total. The molecule has 0 unspecified atom stereocenters. The Bertz CT molecular complexity index is 358. The highest BCUT2D eigenvalue weighted by Gasteiger charge is 2.11. The lowest BCUT2D eigenvalue weighted by atomic mass is 10.1. The highest BCUT2D eigenvalue weighted by Crippen LogP contribution is 2.08. The Morgan fingerprint density at radius 2 is 2.16 bits per heavy atom. The van der Waals surface area contributed by atoms with Gasteiger partial charge in [0.2, 0.25) is 0 Å². The molecule has 0 saturated carbocycles. The second-order valence-electron chi connectivity index (χ2n) is 5.82. The summed E-state index contributed by atoms with van der Waals surface area (Å²) in [5.74, 6) is 0.893. The molecule has 1 aromatic rings. The molecule has 0 aliphatic rings. The minimum Gasteiger partial charge on any atom is -0.380 e. The van der Waals surface area contributed by atoms with Crippen molar-refractivity contribution < 1.29 is 9.26 Å². The molecule has 0 amide bonds. The summed E-state index contributed by atoms with van der Waals surface area (Å²) in [6.07, 6.45) is 0. The fourth-order valence-electron chi connectivity index (χ4n) is 1.58. The molecule has 19 heavy (non-hydrogen) atoms. The van der Waals surface area contributed by atoms with E-state index < -0.39 is 0 Å². The third-order valence-electron chi connectivity index (χ3n) is 2.65. The Labute approximate surface area is 116 Å². The Hall–Kier alpha value is -0.910. The van der Waals surface area contributed by atoms with Gasteiger partial charge < -0.3 is 14.6 Å². The molecule has 0 aliphatic heterocycles. The van der Waals surface area contributed by atoms with E-state index in [1.807, 2.05) is 13.0 Å². The SMILES string of the molecule is CCOCCN(C)Cc1cc(CNC(C)(C)C)no1. The quantitative estimate of drug-likeness (QED) is 0.732. The van der Waals surface area contributed by atoms with Crippen molar-refractivity contribution in [2.45, 2.75) is 46.3 Å². The van der Waals surface area contributed by atoms with Gasteiger partial charge in [0.05, 0.1) is 18.8 Å². The Morgan fingerprint density at radius 3 is 2.79 bits per heavy atom. The van der Waals surface area contributed by atoms with E-state index >= 15 is 0 Å². The van der Waals surface area contributed by atoms with E-state index in [0.29, 0.717) is 0 Å². The van der Waals surface area contributed by atoms with E-state index in [1.165, 1.54) is 0 Å². The van der Waals surface area contributed by atoms with Crippen molar-refractivity contribution in [2.24, 2.45) is 0 Å². The van der Waals surface area contributed by atoms with Gasteiger partial charge in [-0.05, 0) is 34.7 Å². The minimum atomic E-state index is 0.0907. The van der Waals surface area contributed by atoms with Gasteiger partial charge in [-0.1, -0.05) is 5.16 Å². The highest BCUT2D eigenvalue weighted by molar-refractivity contribution is 5.05. The molecule has 0 atom stereocenters. The minimum absolute atomic E-state index is 0.0907. The van der Waals surface area contributed by atoms with Gasteiger partial charge in [0.15, 0.2) is 5.76 Å². The Balaban J connectivity index is 2.33. The second-order valence-corrected chi connectivity index (χ2v) is 5.82. The average molecular weight is 269 g/mol. The number of rotatable bonds is 8.